The van der Waals surface area contributed by atoms with Crippen LogP contribution in [0.4, 0.5) is 65.9 Å². The Morgan fingerprint density at radius 1 is 0.444 bits per heavy atom. The lowest BCUT2D eigenvalue weighted by molar-refractivity contribution is -0.238. The molecule has 0 aromatic heterocycles. The van der Waals surface area contributed by atoms with Crippen LogP contribution in [0.5, 0.6) is 0 Å². The van der Waals surface area contributed by atoms with E-state index in [4.69, 9.17) is 4.74 Å². The highest BCUT2D eigenvalue weighted by Crippen LogP contribution is 2.15. The fourth-order valence-electron chi connectivity index (χ4n) is 3.29. The summed E-state index contributed by atoms with van der Waals surface area (Å²) in [5, 5.41) is 0. The Morgan fingerprint density at radius 2 is 0.792 bits per heavy atom. The van der Waals surface area contributed by atoms with E-state index in [0.717, 1.165) is 12.8 Å². The summed E-state index contributed by atoms with van der Waals surface area (Å²) in [6.07, 6.45) is 9.08. The van der Waals surface area contributed by atoms with E-state index in [2.05, 4.69) is 56.2 Å². The minimum absolute atomic E-state index is 0. The van der Waals surface area contributed by atoms with E-state index < -0.39 is 45.3 Å². The van der Waals surface area contributed by atoms with Gasteiger partial charge in [0.1, 0.15) is 13.3 Å². The van der Waals surface area contributed by atoms with E-state index >= 15 is 0 Å². The molecule has 0 aromatic rings. The number of allylic oxidation sites excluding steroid dienone is 3. The number of Topliss-reactive ketones (excluding diaryl/α,β-unsaturated/α-hetero) is 1. The van der Waals surface area contributed by atoms with Gasteiger partial charge in [-0.25, -0.2) is 18.4 Å². The number of carbonyl (C=O) groups is 4. The molecule has 22 heteroatoms. The summed E-state index contributed by atoms with van der Waals surface area (Å²) >= 11 is 0. The largest absolute Gasteiger partial charge is 0.559 e. The fourth-order valence-corrected chi connectivity index (χ4v) is 3.29. The lowest BCUT2D eigenvalue weighted by Gasteiger charge is -2.03. The van der Waals surface area contributed by atoms with Gasteiger partial charge >= 0.3 is 37.2 Å². The molecule has 0 spiro atoms. The first-order valence-electron chi connectivity index (χ1n) is 20.6. The Kier molecular flexibility index (Phi) is 117. The van der Waals surface area contributed by atoms with E-state index in [-0.39, 0.29) is 75.5 Å². The lowest BCUT2D eigenvalue weighted by atomic mass is 10.1. The van der Waals surface area contributed by atoms with Gasteiger partial charge in [0.25, 0.3) is 0 Å². The van der Waals surface area contributed by atoms with Crippen LogP contribution >= 0.6 is 0 Å². The summed E-state index contributed by atoms with van der Waals surface area (Å²) in [4.78, 5) is 41.7. The van der Waals surface area contributed by atoms with Crippen molar-refractivity contribution in [2.45, 2.75) is 200 Å². The van der Waals surface area contributed by atoms with Gasteiger partial charge in [-0.3, -0.25) is 14.0 Å². The summed E-state index contributed by atoms with van der Waals surface area (Å²) in [6, 6.07) is 0. The third kappa shape index (κ3) is 204. The second-order valence-electron chi connectivity index (χ2n) is 12.5. The Labute approximate surface area is 425 Å². The molecule has 0 fully saturated rings. The van der Waals surface area contributed by atoms with E-state index in [1.54, 1.807) is 19.1 Å². The number of carbonyl (C=O) groups excluding carboxylic acids is 4. The van der Waals surface area contributed by atoms with Crippen molar-refractivity contribution >= 4 is 23.7 Å². The molecule has 0 aliphatic rings. The number of hydrogen-bond donors (Lipinski definition) is 0. The van der Waals surface area contributed by atoms with Crippen molar-refractivity contribution in [3.05, 3.63) is 62.8 Å². The molecule has 0 unspecified atom stereocenters. The molecule has 7 nitrogen and oxygen atoms in total. The zero-order valence-electron chi connectivity index (χ0n) is 38.3. The van der Waals surface area contributed by atoms with Crippen LogP contribution in [-0.4, -0.2) is 82.8 Å². The van der Waals surface area contributed by atoms with Gasteiger partial charge in [0.2, 0.25) is 0 Å². The predicted octanol–water partition coefficient (Wildman–Crippen LogP) is 19.7. The first-order valence-corrected chi connectivity index (χ1v) is 20.6. The molecular formula is C50H95F15O7. The number of ketones is 1. The van der Waals surface area contributed by atoms with Crippen LogP contribution in [0.3, 0.4) is 0 Å². The smallest absolute Gasteiger partial charge is 0.466 e. The fraction of sp³-hybridized carbons (Fsp3) is 0.720. The number of esters is 3. The number of halogens is 15. The molecule has 0 amide bonds. The monoisotopic (exact) mass is 1090 g/mol. The van der Waals surface area contributed by atoms with Crippen molar-refractivity contribution in [1.82, 2.24) is 0 Å². The van der Waals surface area contributed by atoms with Gasteiger partial charge in [-0.15, -0.1) is 72.4 Å². The van der Waals surface area contributed by atoms with Crippen molar-refractivity contribution in [3.8, 4) is 0 Å². The minimum atomic E-state index is -5.50. The van der Waals surface area contributed by atoms with Gasteiger partial charge in [-0.05, 0) is 39.0 Å². The average Bonchev–Trinajstić information content (AvgIpc) is 3.21. The molecule has 0 radical (unpaired) electrons. The number of hydrogen-bond acceptors (Lipinski definition) is 7. The predicted molar refractivity (Wildman–Crippen MR) is 268 cm³/mol. The standard InChI is InChI=1S/C12H22O2.C10H20.C8H13FO2.C6H9FO.C5H7FO2.3CF4.6CH4/c1-4-5-6-7-8-9-10-14-12(13)11(2)3;1-3-5-7-9-10-8-6-4-2;1-2-3-5-8(10)11-7-4-6-9;1-2-3-4-6(8)5-7;1-2-3-8-5(7)4-6;3*2-1(3,4)5;;;;;;/h2,4-10H2,1,3H3;3H,1,4-10H2,2H3;2H,1,3-7H2;2H,1,3-5H2;2H,1,3-4H2;;;;6*1H4. The van der Waals surface area contributed by atoms with Crippen LogP contribution in [0.25, 0.3) is 0 Å². The van der Waals surface area contributed by atoms with Crippen molar-refractivity contribution in [2.24, 2.45) is 0 Å². The summed E-state index contributed by atoms with van der Waals surface area (Å²) < 4.78 is 164. The highest BCUT2D eigenvalue weighted by molar-refractivity contribution is 5.86. The molecule has 442 valence electrons. The molecule has 0 saturated carbocycles. The van der Waals surface area contributed by atoms with E-state index in [0.29, 0.717) is 44.3 Å². The maximum atomic E-state index is 11.5. The Hall–Kier alpha value is -4.27. The maximum absolute atomic E-state index is 11.5. The molecule has 72 heavy (non-hydrogen) atoms. The molecule has 0 rings (SSSR count). The zero-order chi connectivity index (χ0) is 53.3. The molecular weight excluding hydrogens is 998 g/mol. The average molecular weight is 1090 g/mol. The van der Waals surface area contributed by atoms with Crippen LogP contribution in [0.2, 0.25) is 0 Å². The molecule has 0 N–H and O–H groups in total. The molecule has 0 saturated heterocycles. The minimum Gasteiger partial charge on any atom is -0.466 e. The van der Waals surface area contributed by atoms with Gasteiger partial charge in [-0.1, -0.05) is 160 Å². The summed E-state index contributed by atoms with van der Waals surface area (Å²) in [5.74, 6) is -1.73. The lowest BCUT2D eigenvalue weighted by Crippen LogP contribution is -2.05. The molecule has 0 aromatic carbocycles. The summed E-state index contributed by atoms with van der Waals surface area (Å²) in [7, 11) is 0. The number of ether oxygens (including phenoxy) is 3. The van der Waals surface area contributed by atoms with Crippen LogP contribution in [0.1, 0.15) is 181 Å². The highest BCUT2D eigenvalue weighted by atomic mass is 19.5. The number of rotatable bonds is 28. The second kappa shape index (κ2) is 80.8. The van der Waals surface area contributed by atoms with Crippen LogP contribution < -0.4 is 0 Å². The SMILES string of the molecule is C.C.C.C.C.C.C=C(C)C(=O)OCCCCCCCC.C=CCCC(=O)CF.C=CCCC(=O)OCCCF.C=CCCCCCCCC.C=CCOC(=O)CF.FC(F)(F)F.FC(F)(F)F.FC(F)(F)F. The first-order chi connectivity index (χ1) is 30.5. The number of alkyl halides is 15. The van der Waals surface area contributed by atoms with E-state index in [1.807, 2.05) is 6.08 Å². The molecule has 0 bridgehead atoms. The van der Waals surface area contributed by atoms with E-state index in [9.17, 15) is 85.0 Å². The van der Waals surface area contributed by atoms with Crippen molar-refractivity contribution in [2.75, 3.05) is 39.8 Å². The zero-order valence-corrected chi connectivity index (χ0v) is 38.3. The highest BCUT2D eigenvalue weighted by Gasteiger charge is 2.25. The van der Waals surface area contributed by atoms with Crippen molar-refractivity contribution in [3.63, 3.8) is 0 Å². The topological polar surface area (TPSA) is 96.0 Å². The Balaban J connectivity index is -0.0000000450. The van der Waals surface area contributed by atoms with Crippen LogP contribution in [-0.2, 0) is 33.4 Å². The maximum Gasteiger partial charge on any atom is 0.559 e. The van der Waals surface area contributed by atoms with Crippen LogP contribution in [0.15, 0.2) is 62.8 Å². The Bertz CT molecular complexity index is 1080. The third-order valence-corrected chi connectivity index (χ3v) is 6.18. The normalized spacial score (nSPS) is 9.03. The molecule has 0 aliphatic heterocycles. The second-order valence-corrected chi connectivity index (χ2v) is 12.5. The summed E-state index contributed by atoms with van der Waals surface area (Å²) in [6.45, 7) is 21.9. The summed E-state index contributed by atoms with van der Waals surface area (Å²) in [5.41, 5.74) is 0.482. The van der Waals surface area contributed by atoms with Gasteiger partial charge in [-0.2, -0.15) is 0 Å². The van der Waals surface area contributed by atoms with Gasteiger partial charge < -0.3 is 14.2 Å². The molecule has 0 aliphatic carbocycles. The van der Waals surface area contributed by atoms with Crippen LogP contribution in [0, 0.1) is 0 Å². The van der Waals surface area contributed by atoms with E-state index in [1.165, 1.54) is 76.7 Å². The first kappa shape index (κ1) is 104. The van der Waals surface area contributed by atoms with Gasteiger partial charge in [0.15, 0.2) is 12.5 Å². The Morgan fingerprint density at radius 3 is 1.11 bits per heavy atom. The van der Waals surface area contributed by atoms with Crippen molar-refractivity contribution < 1.29 is 99.2 Å². The molecule has 0 heterocycles. The van der Waals surface area contributed by atoms with Crippen molar-refractivity contribution in [1.29, 1.82) is 0 Å². The third-order valence-electron chi connectivity index (χ3n) is 6.18. The quantitative estimate of drug-likeness (QED) is 0.0192. The number of unbranched alkanes of at least 4 members (excludes halogenated alkanes) is 11. The van der Waals surface area contributed by atoms with Gasteiger partial charge in [0, 0.05) is 24.8 Å². The molecule has 0 atom stereocenters. The van der Waals surface area contributed by atoms with Gasteiger partial charge in [0.05, 0.1) is 19.9 Å².